The average Bonchev–Trinajstić information content (AvgIpc) is 2.60. The summed E-state index contributed by atoms with van der Waals surface area (Å²) in [5.74, 6) is 0.346. The summed E-state index contributed by atoms with van der Waals surface area (Å²) < 4.78 is 4.61. The second-order valence-electron chi connectivity index (χ2n) is 6.02. The summed E-state index contributed by atoms with van der Waals surface area (Å²) in [6, 6.07) is 19.2. The minimum absolute atomic E-state index is 0.271. The lowest BCUT2D eigenvalue weighted by Crippen LogP contribution is -2.07. The van der Waals surface area contributed by atoms with Crippen molar-refractivity contribution in [3.8, 4) is 0 Å². The molecular formula is C21H26O3. The zero-order chi connectivity index (χ0) is 17.2. The Kier molecular flexibility index (Phi) is 7.34. The first-order chi connectivity index (χ1) is 11.7. The lowest BCUT2D eigenvalue weighted by molar-refractivity contribution is 0.0899. The topological polar surface area (TPSA) is 46.5 Å². The van der Waals surface area contributed by atoms with Crippen LogP contribution in [0.25, 0.3) is 0 Å². The van der Waals surface area contributed by atoms with E-state index in [0.29, 0.717) is 5.92 Å². The first-order valence-electron chi connectivity index (χ1n) is 8.70. The maximum atomic E-state index is 10.4. The van der Waals surface area contributed by atoms with Crippen LogP contribution in [0, 0.1) is 0 Å². The van der Waals surface area contributed by atoms with Gasteiger partial charge in [-0.1, -0.05) is 67.9 Å². The highest BCUT2D eigenvalue weighted by Crippen LogP contribution is 2.32. The van der Waals surface area contributed by atoms with Crippen molar-refractivity contribution in [1.29, 1.82) is 0 Å². The molecule has 0 saturated heterocycles. The molecule has 0 fully saturated rings. The van der Waals surface area contributed by atoms with Crippen molar-refractivity contribution in [2.24, 2.45) is 0 Å². The zero-order valence-electron chi connectivity index (χ0n) is 14.3. The van der Waals surface area contributed by atoms with Gasteiger partial charge in [0.2, 0.25) is 0 Å². The predicted molar refractivity (Wildman–Crippen MR) is 96.5 cm³/mol. The fraction of sp³-hybridized carbons (Fsp3) is 0.381. The van der Waals surface area contributed by atoms with Gasteiger partial charge in [-0.05, 0) is 42.4 Å². The molecule has 3 heteroatoms. The van der Waals surface area contributed by atoms with E-state index in [9.17, 15) is 4.79 Å². The van der Waals surface area contributed by atoms with Gasteiger partial charge in [-0.2, -0.15) is 0 Å². The molecule has 0 aliphatic heterocycles. The maximum Gasteiger partial charge on any atom is 0.505 e. The van der Waals surface area contributed by atoms with Crippen molar-refractivity contribution >= 4 is 6.16 Å². The Morgan fingerprint density at radius 1 is 1.04 bits per heavy atom. The highest BCUT2D eigenvalue weighted by atomic mass is 16.7. The van der Waals surface area contributed by atoms with Gasteiger partial charge in [-0.25, -0.2) is 4.79 Å². The molecule has 0 amide bonds. The maximum absolute atomic E-state index is 10.4. The van der Waals surface area contributed by atoms with Gasteiger partial charge < -0.3 is 9.84 Å². The number of unbranched alkanes of at least 4 members (excludes halogenated alkanes) is 1. The number of rotatable bonds is 9. The summed E-state index contributed by atoms with van der Waals surface area (Å²) >= 11 is 0. The van der Waals surface area contributed by atoms with Gasteiger partial charge in [0, 0.05) is 5.92 Å². The van der Waals surface area contributed by atoms with E-state index >= 15 is 0 Å². The van der Waals surface area contributed by atoms with E-state index < -0.39 is 6.16 Å². The third-order valence-corrected chi connectivity index (χ3v) is 4.26. The first kappa shape index (κ1) is 18.1. The molecule has 0 spiro atoms. The van der Waals surface area contributed by atoms with Crippen LogP contribution in [0.3, 0.4) is 0 Å². The second-order valence-corrected chi connectivity index (χ2v) is 6.02. The SMILES string of the molecule is CCCc1ccccc1C(CCCCOC(=O)O)c1ccccc1. The minimum Gasteiger partial charge on any atom is -0.450 e. The third-order valence-electron chi connectivity index (χ3n) is 4.26. The van der Waals surface area contributed by atoms with Crippen LogP contribution in [-0.2, 0) is 11.2 Å². The summed E-state index contributed by atoms with van der Waals surface area (Å²) in [6.07, 6.45) is 3.71. The molecule has 2 rings (SSSR count). The monoisotopic (exact) mass is 326 g/mol. The van der Waals surface area contributed by atoms with Crippen LogP contribution in [0.15, 0.2) is 54.6 Å². The molecule has 128 valence electrons. The molecule has 3 nitrogen and oxygen atoms in total. The standard InChI is InChI=1S/C21H26O3/c1-2-10-17-13-6-7-14-19(17)20(18-11-4-3-5-12-18)15-8-9-16-24-21(22)23/h3-7,11-14,20H,2,8-10,15-16H2,1H3,(H,22,23). The van der Waals surface area contributed by atoms with Crippen molar-refractivity contribution in [3.05, 3.63) is 71.3 Å². The molecule has 0 saturated carbocycles. The van der Waals surface area contributed by atoms with E-state index in [1.54, 1.807) is 0 Å². The quantitative estimate of drug-likeness (QED) is 0.479. The molecule has 0 aromatic heterocycles. The molecule has 1 atom stereocenters. The normalized spacial score (nSPS) is 11.9. The molecule has 0 aliphatic carbocycles. The lowest BCUT2D eigenvalue weighted by Gasteiger charge is -2.21. The van der Waals surface area contributed by atoms with Crippen LogP contribution in [0.2, 0.25) is 0 Å². The van der Waals surface area contributed by atoms with E-state index in [1.807, 2.05) is 6.07 Å². The van der Waals surface area contributed by atoms with Gasteiger partial charge in [0.1, 0.15) is 0 Å². The van der Waals surface area contributed by atoms with E-state index in [2.05, 4.69) is 60.2 Å². The molecule has 0 bridgehead atoms. The van der Waals surface area contributed by atoms with Crippen LogP contribution in [0.5, 0.6) is 0 Å². The third kappa shape index (κ3) is 5.41. The highest BCUT2D eigenvalue weighted by molar-refractivity contribution is 5.56. The summed E-state index contributed by atoms with van der Waals surface area (Å²) in [7, 11) is 0. The van der Waals surface area contributed by atoms with Crippen LogP contribution in [0.4, 0.5) is 4.79 Å². The minimum atomic E-state index is -1.19. The Labute approximate surface area is 144 Å². The van der Waals surface area contributed by atoms with Gasteiger partial charge in [0.15, 0.2) is 0 Å². The fourth-order valence-corrected chi connectivity index (χ4v) is 3.17. The number of carboxylic acid groups (broad SMARTS) is 1. The van der Waals surface area contributed by atoms with E-state index in [1.165, 1.54) is 16.7 Å². The van der Waals surface area contributed by atoms with Crippen LogP contribution < -0.4 is 0 Å². The smallest absolute Gasteiger partial charge is 0.450 e. The molecule has 0 aliphatic rings. The van der Waals surface area contributed by atoms with Crippen LogP contribution in [0.1, 0.15) is 55.2 Å². The Hall–Kier alpha value is -2.29. The van der Waals surface area contributed by atoms with Crippen LogP contribution >= 0.6 is 0 Å². The molecule has 0 heterocycles. The fourth-order valence-electron chi connectivity index (χ4n) is 3.17. The molecule has 1 unspecified atom stereocenters. The van der Waals surface area contributed by atoms with Gasteiger partial charge in [-0.15, -0.1) is 0 Å². The number of hydrogen-bond acceptors (Lipinski definition) is 2. The largest absolute Gasteiger partial charge is 0.505 e. The summed E-state index contributed by atoms with van der Waals surface area (Å²) in [5.41, 5.74) is 4.13. The van der Waals surface area contributed by atoms with Crippen molar-refractivity contribution in [2.75, 3.05) is 6.61 Å². The number of ether oxygens (including phenoxy) is 1. The number of benzene rings is 2. The van der Waals surface area contributed by atoms with Crippen molar-refractivity contribution in [2.45, 2.75) is 44.9 Å². The van der Waals surface area contributed by atoms with Gasteiger partial charge in [0.05, 0.1) is 6.61 Å². The summed E-state index contributed by atoms with van der Waals surface area (Å²) in [6.45, 7) is 2.48. The number of hydrogen-bond donors (Lipinski definition) is 1. The zero-order valence-corrected chi connectivity index (χ0v) is 14.3. The van der Waals surface area contributed by atoms with Crippen molar-refractivity contribution in [3.63, 3.8) is 0 Å². The van der Waals surface area contributed by atoms with Crippen molar-refractivity contribution < 1.29 is 14.6 Å². The summed E-state index contributed by atoms with van der Waals surface area (Å²) in [4.78, 5) is 10.4. The van der Waals surface area contributed by atoms with Gasteiger partial charge >= 0.3 is 6.16 Å². The molecule has 1 N–H and O–H groups in total. The van der Waals surface area contributed by atoms with E-state index in [-0.39, 0.29) is 6.61 Å². The average molecular weight is 326 g/mol. The predicted octanol–water partition coefficient (Wildman–Crippen LogP) is 5.64. The van der Waals surface area contributed by atoms with E-state index in [4.69, 9.17) is 5.11 Å². The Morgan fingerprint density at radius 3 is 2.46 bits per heavy atom. The number of aryl methyl sites for hydroxylation is 1. The molecule has 2 aromatic rings. The van der Waals surface area contributed by atoms with E-state index in [0.717, 1.165) is 32.1 Å². The highest BCUT2D eigenvalue weighted by Gasteiger charge is 2.16. The van der Waals surface area contributed by atoms with Crippen molar-refractivity contribution in [1.82, 2.24) is 0 Å². The Balaban J connectivity index is 2.13. The van der Waals surface area contributed by atoms with Crippen LogP contribution in [-0.4, -0.2) is 17.9 Å². The Bertz CT molecular complexity index is 622. The lowest BCUT2D eigenvalue weighted by atomic mass is 9.83. The summed E-state index contributed by atoms with van der Waals surface area (Å²) in [5, 5.41) is 8.55. The number of carbonyl (C=O) groups is 1. The van der Waals surface area contributed by atoms with Gasteiger partial charge in [0.25, 0.3) is 0 Å². The van der Waals surface area contributed by atoms with Gasteiger partial charge in [-0.3, -0.25) is 0 Å². The Morgan fingerprint density at radius 2 is 1.75 bits per heavy atom. The molecule has 0 radical (unpaired) electrons. The molecule has 24 heavy (non-hydrogen) atoms. The first-order valence-corrected chi connectivity index (χ1v) is 8.70. The molecular weight excluding hydrogens is 300 g/mol. The second kappa shape index (κ2) is 9.76. The molecule has 2 aromatic carbocycles.